The number of nitriles is 1. The Kier molecular flexibility index (Phi) is 3.97. The van der Waals surface area contributed by atoms with Gasteiger partial charge in [0.25, 0.3) is 0 Å². The molecule has 0 saturated heterocycles. The van der Waals surface area contributed by atoms with Crippen LogP contribution in [0.5, 0.6) is 5.75 Å². The van der Waals surface area contributed by atoms with Gasteiger partial charge in [-0.05, 0) is 31.7 Å². The number of nitrogens with zero attached hydrogens (tertiary/aromatic N) is 2. The summed E-state index contributed by atoms with van der Waals surface area (Å²) in [4.78, 5) is 10.4. The predicted octanol–water partition coefficient (Wildman–Crippen LogP) is 2.12. The van der Waals surface area contributed by atoms with E-state index in [9.17, 15) is 10.1 Å². The second kappa shape index (κ2) is 5.67. The fraction of sp³-hybridized carbons (Fsp3) is 0.462. The first kappa shape index (κ1) is 13.3. The van der Waals surface area contributed by atoms with Gasteiger partial charge in [-0.2, -0.15) is 5.26 Å². The van der Waals surface area contributed by atoms with Gasteiger partial charge in [-0.15, -0.1) is 0 Å². The van der Waals surface area contributed by atoms with Gasteiger partial charge >= 0.3 is 5.69 Å². The van der Waals surface area contributed by atoms with E-state index in [1.165, 1.54) is 18.2 Å². The molecule has 1 aromatic rings. The van der Waals surface area contributed by atoms with Crippen molar-refractivity contribution in [2.24, 2.45) is 5.73 Å². The van der Waals surface area contributed by atoms with E-state index < -0.39 is 4.92 Å². The smallest absolute Gasteiger partial charge is 0.311 e. The largest absolute Gasteiger partial charge is 0.483 e. The fourth-order valence-corrected chi connectivity index (χ4v) is 2.30. The third-order valence-corrected chi connectivity index (χ3v) is 3.25. The normalized spacial score (nSPS) is 22.5. The Morgan fingerprint density at radius 3 is 2.89 bits per heavy atom. The lowest BCUT2D eigenvalue weighted by Gasteiger charge is -2.27. The summed E-state index contributed by atoms with van der Waals surface area (Å²) >= 11 is 0. The highest BCUT2D eigenvalue weighted by Crippen LogP contribution is 2.31. The van der Waals surface area contributed by atoms with E-state index in [1.807, 2.05) is 6.07 Å². The van der Waals surface area contributed by atoms with Crippen molar-refractivity contribution in [3.05, 3.63) is 33.9 Å². The molecule has 2 rings (SSSR count). The lowest BCUT2D eigenvalue weighted by atomic mass is 9.93. The molecule has 1 aliphatic carbocycles. The van der Waals surface area contributed by atoms with Crippen LogP contribution in [0.1, 0.15) is 31.2 Å². The highest BCUT2D eigenvalue weighted by atomic mass is 16.6. The molecule has 100 valence electrons. The fourth-order valence-electron chi connectivity index (χ4n) is 2.30. The van der Waals surface area contributed by atoms with E-state index in [0.717, 1.165) is 19.3 Å². The monoisotopic (exact) mass is 261 g/mol. The van der Waals surface area contributed by atoms with Gasteiger partial charge in [0, 0.05) is 18.2 Å². The van der Waals surface area contributed by atoms with Gasteiger partial charge in [0.15, 0.2) is 5.75 Å². The molecule has 0 bridgehead atoms. The van der Waals surface area contributed by atoms with Crippen LogP contribution in [0.15, 0.2) is 18.2 Å². The quantitative estimate of drug-likeness (QED) is 0.663. The Labute approximate surface area is 110 Å². The van der Waals surface area contributed by atoms with Gasteiger partial charge in [-0.3, -0.25) is 10.1 Å². The minimum Gasteiger partial charge on any atom is -0.483 e. The molecule has 0 aromatic heterocycles. The molecule has 0 radical (unpaired) electrons. The van der Waals surface area contributed by atoms with E-state index in [4.69, 9.17) is 15.7 Å². The molecule has 1 aromatic carbocycles. The standard InChI is InChI=1S/C13H15N3O3/c14-8-9-4-5-12(16(17)18)13(6-9)19-11-3-1-2-10(15)7-11/h4-6,10-11H,1-3,7,15H2. The van der Waals surface area contributed by atoms with Gasteiger partial charge in [0.2, 0.25) is 0 Å². The molecule has 1 saturated carbocycles. The zero-order valence-electron chi connectivity index (χ0n) is 10.4. The first-order chi connectivity index (χ1) is 9.10. The van der Waals surface area contributed by atoms with Crippen LogP contribution in [0.4, 0.5) is 5.69 Å². The molecule has 19 heavy (non-hydrogen) atoms. The summed E-state index contributed by atoms with van der Waals surface area (Å²) in [6.07, 6.45) is 3.32. The van der Waals surface area contributed by atoms with Crippen LogP contribution in [-0.2, 0) is 0 Å². The summed E-state index contributed by atoms with van der Waals surface area (Å²) in [5, 5.41) is 19.8. The van der Waals surface area contributed by atoms with Crippen molar-refractivity contribution in [3.8, 4) is 11.8 Å². The molecular formula is C13H15N3O3. The number of nitro groups is 1. The molecule has 1 aliphatic rings. The molecule has 2 unspecified atom stereocenters. The van der Waals surface area contributed by atoms with Crippen molar-refractivity contribution in [1.29, 1.82) is 5.26 Å². The predicted molar refractivity (Wildman–Crippen MR) is 68.7 cm³/mol. The van der Waals surface area contributed by atoms with E-state index in [1.54, 1.807) is 0 Å². The first-order valence-electron chi connectivity index (χ1n) is 6.21. The van der Waals surface area contributed by atoms with Crippen molar-refractivity contribution >= 4 is 5.69 Å². The number of benzene rings is 1. The van der Waals surface area contributed by atoms with Crippen LogP contribution in [0.25, 0.3) is 0 Å². The van der Waals surface area contributed by atoms with E-state index in [0.29, 0.717) is 12.0 Å². The maximum absolute atomic E-state index is 10.9. The first-order valence-corrected chi connectivity index (χ1v) is 6.21. The van der Waals surface area contributed by atoms with E-state index in [-0.39, 0.29) is 23.6 Å². The molecule has 1 fully saturated rings. The Balaban J connectivity index is 2.22. The Bertz CT molecular complexity index is 524. The number of hydrogen-bond donors (Lipinski definition) is 1. The number of hydrogen-bond acceptors (Lipinski definition) is 5. The van der Waals surface area contributed by atoms with Crippen molar-refractivity contribution in [3.63, 3.8) is 0 Å². The van der Waals surface area contributed by atoms with Gasteiger partial charge in [0.05, 0.1) is 16.6 Å². The molecule has 6 nitrogen and oxygen atoms in total. The summed E-state index contributed by atoms with van der Waals surface area (Å²) in [6, 6.07) is 6.16. The number of rotatable bonds is 3. The topological polar surface area (TPSA) is 102 Å². The minimum atomic E-state index is -0.501. The number of nitrogens with two attached hydrogens (primary N) is 1. The second-order valence-electron chi connectivity index (χ2n) is 4.72. The van der Waals surface area contributed by atoms with E-state index in [2.05, 4.69) is 0 Å². The van der Waals surface area contributed by atoms with Crippen LogP contribution < -0.4 is 10.5 Å². The number of ether oxygens (including phenoxy) is 1. The van der Waals surface area contributed by atoms with Crippen molar-refractivity contribution in [2.75, 3.05) is 0 Å². The molecule has 0 spiro atoms. The molecule has 2 N–H and O–H groups in total. The van der Waals surface area contributed by atoms with Gasteiger partial charge < -0.3 is 10.5 Å². The van der Waals surface area contributed by atoms with Gasteiger partial charge in [0.1, 0.15) is 6.10 Å². The molecular weight excluding hydrogens is 246 g/mol. The third-order valence-electron chi connectivity index (χ3n) is 3.25. The summed E-state index contributed by atoms with van der Waals surface area (Å²) in [6.45, 7) is 0. The highest BCUT2D eigenvalue weighted by molar-refractivity contribution is 5.51. The average Bonchev–Trinajstić information content (AvgIpc) is 2.38. The minimum absolute atomic E-state index is 0.0805. The molecule has 0 heterocycles. The van der Waals surface area contributed by atoms with Crippen LogP contribution >= 0.6 is 0 Å². The van der Waals surface area contributed by atoms with Crippen LogP contribution in [0, 0.1) is 21.4 Å². The highest BCUT2D eigenvalue weighted by Gasteiger charge is 2.24. The van der Waals surface area contributed by atoms with Crippen molar-refractivity contribution in [1.82, 2.24) is 0 Å². The average molecular weight is 261 g/mol. The zero-order chi connectivity index (χ0) is 13.8. The van der Waals surface area contributed by atoms with Crippen LogP contribution in [0.3, 0.4) is 0 Å². The Morgan fingerprint density at radius 2 is 2.26 bits per heavy atom. The lowest BCUT2D eigenvalue weighted by Crippen LogP contribution is -2.33. The maximum Gasteiger partial charge on any atom is 0.311 e. The van der Waals surface area contributed by atoms with E-state index >= 15 is 0 Å². The zero-order valence-corrected chi connectivity index (χ0v) is 10.4. The Morgan fingerprint density at radius 1 is 1.47 bits per heavy atom. The molecule has 2 atom stereocenters. The van der Waals surface area contributed by atoms with Crippen LogP contribution in [-0.4, -0.2) is 17.1 Å². The van der Waals surface area contributed by atoms with Gasteiger partial charge in [-0.1, -0.05) is 0 Å². The number of nitro benzene ring substituents is 1. The third kappa shape index (κ3) is 3.20. The summed E-state index contributed by atoms with van der Waals surface area (Å²) in [5.41, 5.74) is 6.10. The molecule has 0 amide bonds. The summed E-state index contributed by atoms with van der Waals surface area (Å²) in [5.74, 6) is 0.156. The SMILES string of the molecule is N#Cc1ccc([N+](=O)[O-])c(OC2CCCC(N)C2)c1. The van der Waals surface area contributed by atoms with Crippen LogP contribution in [0.2, 0.25) is 0 Å². The Hall–Kier alpha value is -2.13. The summed E-state index contributed by atoms with van der Waals surface area (Å²) in [7, 11) is 0. The van der Waals surface area contributed by atoms with Gasteiger partial charge in [-0.25, -0.2) is 0 Å². The summed E-state index contributed by atoms with van der Waals surface area (Å²) < 4.78 is 5.69. The van der Waals surface area contributed by atoms with Crippen molar-refractivity contribution in [2.45, 2.75) is 37.8 Å². The molecule has 0 aliphatic heterocycles. The lowest BCUT2D eigenvalue weighted by molar-refractivity contribution is -0.386. The maximum atomic E-state index is 10.9. The molecule has 6 heteroatoms. The van der Waals surface area contributed by atoms with Crippen molar-refractivity contribution < 1.29 is 9.66 Å². The second-order valence-corrected chi connectivity index (χ2v) is 4.72.